The Labute approximate surface area is 129 Å². The summed E-state index contributed by atoms with van der Waals surface area (Å²) >= 11 is 0. The molecule has 0 saturated carbocycles. The third kappa shape index (κ3) is 3.92. The number of hydrogen-bond acceptors (Lipinski definition) is 4. The fraction of sp³-hybridized carbons (Fsp3) is 0.438. The molecular formula is C16H20N4O2. The predicted molar refractivity (Wildman–Crippen MR) is 81.4 cm³/mol. The summed E-state index contributed by atoms with van der Waals surface area (Å²) in [4.78, 5) is 16.2. The Morgan fingerprint density at radius 2 is 2.41 bits per heavy atom. The molecule has 1 fully saturated rings. The largest absolute Gasteiger partial charge is 0.378 e. The van der Waals surface area contributed by atoms with Crippen molar-refractivity contribution >= 4 is 5.91 Å². The summed E-state index contributed by atoms with van der Waals surface area (Å²) in [5, 5.41) is 7.09. The summed E-state index contributed by atoms with van der Waals surface area (Å²) in [5.74, 6) is 0.809. The Morgan fingerprint density at radius 3 is 3.18 bits per heavy atom. The monoisotopic (exact) mass is 300 g/mol. The first-order chi connectivity index (χ1) is 10.8. The van der Waals surface area contributed by atoms with E-state index in [0.29, 0.717) is 13.0 Å². The van der Waals surface area contributed by atoms with Gasteiger partial charge in [0.05, 0.1) is 6.10 Å². The van der Waals surface area contributed by atoms with Crippen LogP contribution in [0.5, 0.6) is 0 Å². The van der Waals surface area contributed by atoms with Gasteiger partial charge in [-0.25, -0.2) is 9.67 Å². The molecule has 6 heteroatoms. The summed E-state index contributed by atoms with van der Waals surface area (Å²) < 4.78 is 7.22. The highest BCUT2D eigenvalue weighted by Crippen LogP contribution is 2.16. The summed E-state index contributed by atoms with van der Waals surface area (Å²) in [7, 11) is 0. The fourth-order valence-corrected chi connectivity index (χ4v) is 2.55. The summed E-state index contributed by atoms with van der Waals surface area (Å²) in [6.07, 6.45) is 9.05. The highest BCUT2D eigenvalue weighted by molar-refractivity contribution is 5.75. The molecule has 116 valence electrons. The van der Waals surface area contributed by atoms with Gasteiger partial charge in [0.25, 0.3) is 0 Å². The third-order valence-electron chi connectivity index (χ3n) is 3.76. The summed E-state index contributed by atoms with van der Waals surface area (Å²) in [6, 6.07) is 5.67. The van der Waals surface area contributed by atoms with Crippen LogP contribution in [0.15, 0.2) is 36.8 Å². The van der Waals surface area contributed by atoms with Crippen molar-refractivity contribution in [3.05, 3.63) is 42.4 Å². The van der Waals surface area contributed by atoms with Crippen LogP contribution < -0.4 is 5.32 Å². The smallest absolute Gasteiger partial charge is 0.220 e. The Balaban J connectivity index is 1.48. The molecule has 3 heterocycles. The van der Waals surface area contributed by atoms with E-state index in [1.165, 1.54) is 0 Å². The van der Waals surface area contributed by atoms with Gasteiger partial charge in [-0.05, 0) is 43.0 Å². The van der Waals surface area contributed by atoms with E-state index in [1.807, 2.05) is 24.4 Å². The summed E-state index contributed by atoms with van der Waals surface area (Å²) in [5.41, 5.74) is 1.01. The van der Waals surface area contributed by atoms with Gasteiger partial charge < -0.3 is 10.1 Å². The molecule has 0 spiro atoms. The maximum absolute atomic E-state index is 11.9. The number of nitrogens with zero attached hydrogens (tertiary/aromatic N) is 3. The molecule has 1 atom stereocenters. The van der Waals surface area contributed by atoms with E-state index in [1.54, 1.807) is 17.1 Å². The van der Waals surface area contributed by atoms with E-state index in [4.69, 9.17) is 4.74 Å². The number of pyridine rings is 1. The molecule has 3 rings (SSSR count). The quantitative estimate of drug-likeness (QED) is 0.884. The minimum Gasteiger partial charge on any atom is -0.378 e. The van der Waals surface area contributed by atoms with E-state index in [0.717, 1.165) is 37.3 Å². The maximum Gasteiger partial charge on any atom is 0.220 e. The number of carbonyl (C=O) groups excluding carboxylic acids is 1. The summed E-state index contributed by atoms with van der Waals surface area (Å²) in [6.45, 7) is 1.33. The second kappa shape index (κ2) is 7.17. The maximum atomic E-state index is 11.9. The highest BCUT2D eigenvalue weighted by atomic mass is 16.5. The van der Waals surface area contributed by atoms with Crippen LogP contribution in [0, 0.1) is 0 Å². The molecule has 6 nitrogen and oxygen atoms in total. The van der Waals surface area contributed by atoms with Crippen LogP contribution in [0.2, 0.25) is 0 Å². The van der Waals surface area contributed by atoms with Crippen molar-refractivity contribution in [1.82, 2.24) is 20.1 Å². The number of rotatable bonds is 6. The van der Waals surface area contributed by atoms with Gasteiger partial charge >= 0.3 is 0 Å². The first-order valence-electron chi connectivity index (χ1n) is 7.64. The lowest BCUT2D eigenvalue weighted by atomic mass is 10.1. The predicted octanol–water partition coefficient (Wildman–Crippen LogP) is 1.84. The van der Waals surface area contributed by atoms with Gasteiger partial charge in [0.1, 0.15) is 0 Å². The Morgan fingerprint density at radius 1 is 1.45 bits per heavy atom. The topological polar surface area (TPSA) is 69.0 Å². The molecule has 0 aliphatic carbocycles. The van der Waals surface area contributed by atoms with Crippen molar-refractivity contribution in [1.29, 1.82) is 0 Å². The van der Waals surface area contributed by atoms with Gasteiger partial charge in [-0.3, -0.25) is 4.79 Å². The van der Waals surface area contributed by atoms with E-state index in [2.05, 4.69) is 15.4 Å². The minimum atomic E-state index is 0.0629. The lowest BCUT2D eigenvalue weighted by Crippen LogP contribution is -2.24. The van der Waals surface area contributed by atoms with Crippen LogP contribution in [-0.2, 0) is 16.1 Å². The standard InChI is InChI=1S/C16H20N4O2/c21-16(5-4-14-3-1-10-22-14)18-12-13-6-8-17-15(11-13)20-9-2-7-19-20/h2,6-9,11,14H,1,3-5,10,12H2,(H,18,21)/t14-/m0/s1. The second-order valence-corrected chi connectivity index (χ2v) is 5.42. The number of carbonyl (C=O) groups is 1. The third-order valence-corrected chi connectivity index (χ3v) is 3.76. The van der Waals surface area contributed by atoms with Gasteiger partial charge in [0.15, 0.2) is 5.82 Å². The Hall–Kier alpha value is -2.21. The number of ether oxygens (including phenoxy) is 1. The van der Waals surface area contributed by atoms with E-state index in [9.17, 15) is 4.79 Å². The van der Waals surface area contributed by atoms with Crippen LogP contribution in [0.4, 0.5) is 0 Å². The van der Waals surface area contributed by atoms with Gasteiger partial charge in [-0.1, -0.05) is 0 Å². The normalized spacial score (nSPS) is 17.5. The van der Waals surface area contributed by atoms with Crippen molar-refractivity contribution in [3.63, 3.8) is 0 Å². The van der Waals surface area contributed by atoms with Crippen LogP contribution in [-0.4, -0.2) is 33.4 Å². The second-order valence-electron chi connectivity index (χ2n) is 5.42. The Kier molecular flexibility index (Phi) is 4.80. The van der Waals surface area contributed by atoms with Crippen molar-refractivity contribution in [2.75, 3.05) is 6.61 Å². The molecule has 1 amide bonds. The fourth-order valence-electron chi connectivity index (χ4n) is 2.55. The van der Waals surface area contributed by atoms with Crippen LogP contribution in [0.1, 0.15) is 31.2 Å². The zero-order valence-electron chi connectivity index (χ0n) is 12.4. The number of nitrogens with one attached hydrogen (secondary N) is 1. The lowest BCUT2D eigenvalue weighted by Gasteiger charge is -2.10. The van der Waals surface area contributed by atoms with Crippen LogP contribution >= 0.6 is 0 Å². The zero-order valence-corrected chi connectivity index (χ0v) is 12.4. The van der Waals surface area contributed by atoms with Crippen molar-refractivity contribution in [2.45, 2.75) is 38.3 Å². The van der Waals surface area contributed by atoms with Crippen molar-refractivity contribution in [2.24, 2.45) is 0 Å². The zero-order chi connectivity index (χ0) is 15.2. The van der Waals surface area contributed by atoms with E-state index < -0.39 is 0 Å². The molecule has 1 N–H and O–H groups in total. The van der Waals surface area contributed by atoms with E-state index >= 15 is 0 Å². The van der Waals surface area contributed by atoms with Crippen molar-refractivity contribution < 1.29 is 9.53 Å². The van der Waals surface area contributed by atoms with Crippen LogP contribution in [0.25, 0.3) is 5.82 Å². The first-order valence-corrected chi connectivity index (χ1v) is 7.64. The number of hydrogen-bond donors (Lipinski definition) is 1. The average Bonchev–Trinajstić information content (AvgIpc) is 3.24. The molecule has 1 aliphatic heterocycles. The first kappa shape index (κ1) is 14.7. The number of aromatic nitrogens is 3. The molecule has 0 bridgehead atoms. The van der Waals surface area contributed by atoms with Gasteiger partial charge in [0.2, 0.25) is 5.91 Å². The van der Waals surface area contributed by atoms with Gasteiger partial charge in [0, 0.05) is 38.2 Å². The van der Waals surface area contributed by atoms with E-state index in [-0.39, 0.29) is 12.0 Å². The Bertz CT molecular complexity index is 606. The molecule has 22 heavy (non-hydrogen) atoms. The molecule has 2 aromatic rings. The van der Waals surface area contributed by atoms with Gasteiger partial charge in [-0.15, -0.1) is 0 Å². The number of amides is 1. The molecule has 1 aliphatic rings. The highest BCUT2D eigenvalue weighted by Gasteiger charge is 2.16. The van der Waals surface area contributed by atoms with Crippen LogP contribution in [0.3, 0.4) is 0 Å². The molecule has 0 radical (unpaired) electrons. The molecular weight excluding hydrogens is 280 g/mol. The molecule has 2 aromatic heterocycles. The average molecular weight is 300 g/mol. The lowest BCUT2D eigenvalue weighted by molar-refractivity contribution is -0.121. The molecule has 0 aromatic carbocycles. The molecule has 1 saturated heterocycles. The SMILES string of the molecule is O=C(CC[C@@H]1CCCO1)NCc1ccnc(-n2cccn2)c1. The molecule has 0 unspecified atom stereocenters. The van der Waals surface area contributed by atoms with Gasteiger partial charge in [-0.2, -0.15) is 5.10 Å². The van der Waals surface area contributed by atoms with Crippen molar-refractivity contribution in [3.8, 4) is 5.82 Å². The minimum absolute atomic E-state index is 0.0629.